The van der Waals surface area contributed by atoms with E-state index in [0.717, 1.165) is 6.07 Å². The summed E-state index contributed by atoms with van der Waals surface area (Å²) in [6, 6.07) is 1.76. The number of amides is 1. The monoisotopic (exact) mass is 278 g/mol. The standard InChI is InChI=1S/C11H15FN2O3.ClH/c1-6(13)11(15)14-8-5-10(17-3)9(16-2)4-7(8)12;/h4-6H,13H2,1-3H3,(H,14,15);1H/t6-;/m0./s1. The summed E-state index contributed by atoms with van der Waals surface area (Å²) in [6.07, 6.45) is 0. The number of ether oxygens (including phenoxy) is 2. The summed E-state index contributed by atoms with van der Waals surface area (Å²) in [7, 11) is 2.82. The Morgan fingerprint density at radius 3 is 2.28 bits per heavy atom. The van der Waals surface area contributed by atoms with Crippen molar-refractivity contribution in [1.29, 1.82) is 0 Å². The summed E-state index contributed by atoms with van der Waals surface area (Å²) < 4.78 is 23.5. The van der Waals surface area contributed by atoms with Crippen LogP contribution in [0.1, 0.15) is 6.92 Å². The van der Waals surface area contributed by atoms with E-state index in [9.17, 15) is 9.18 Å². The van der Waals surface area contributed by atoms with Crippen LogP contribution in [0.4, 0.5) is 10.1 Å². The minimum Gasteiger partial charge on any atom is -0.493 e. The quantitative estimate of drug-likeness (QED) is 0.876. The Hall–Kier alpha value is -1.53. The van der Waals surface area contributed by atoms with Gasteiger partial charge >= 0.3 is 0 Å². The molecular weight excluding hydrogens is 263 g/mol. The summed E-state index contributed by atoms with van der Waals surface area (Å²) in [4.78, 5) is 11.3. The highest BCUT2D eigenvalue weighted by atomic mass is 35.5. The molecule has 0 radical (unpaired) electrons. The summed E-state index contributed by atoms with van der Waals surface area (Å²) in [6.45, 7) is 1.51. The van der Waals surface area contributed by atoms with Gasteiger partial charge in [0.15, 0.2) is 17.3 Å². The topological polar surface area (TPSA) is 73.6 Å². The number of methoxy groups -OCH3 is 2. The summed E-state index contributed by atoms with van der Waals surface area (Å²) in [5.74, 6) is -0.509. The molecule has 3 N–H and O–H groups in total. The van der Waals surface area contributed by atoms with Gasteiger partial charge in [-0.25, -0.2) is 4.39 Å². The molecule has 0 spiro atoms. The maximum atomic E-state index is 13.6. The van der Waals surface area contributed by atoms with Gasteiger partial charge < -0.3 is 20.5 Å². The van der Waals surface area contributed by atoms with Crippen molar-refractivity contribution in [3.8, 4) is 11.5 Å². The van der Waals surface area contributed by atoms with Crippen LogP contribution in [0.2, 0.25) is 0 Å². The first-order valence-electron chi connectivity index (χ1n) is 4.97. The van der Waals surface area contributed by atoms with E-state index in [2.05, 4.69) is 5.32 Å². The summed E-state index contributed by atoms with van der Waals surface area (Å²) in [5, 5.41) is 2.36. The second kappa shape index (κ2) is 7.03. The lowest BCUT2D eigenvalue weighted by atomic mass is 10.2. The lowest BCUT2D eigenvalue weighted by molar-refractivity contribution is -0.117. The van der Waals surface area contributed by atoms with E-state index in [1.165, 1.54) is 27.2 Å². The zero-order valence-electron chi connectivity index (χ0n) is 10.3. The number of benzene rings is 1. The molecule has 0 fully saturated rings. The largest absolute Gasteiger partial charge is 0.493 e. The van der Waals surface area contributed by atoms with Crippen molar-refractivity contribution in [2.45, 2.75) is 13.0 Å². The average molecular weight is 279 g/mol. The van der Waals surface area contributed by atoms with Crippen LogP contribution in [0.5, 0.6) is 11.5 Å². The molecule has 0 saturated carbocycles. The predicted octanol–water partition coefficient (Wildman–Crippen LogP) is 1.55. The molecule has 0 aromatic heterocycles. The molecule has 7 heteroatoms. The fourth-order valence-electron chi connectivity index (χ4n) is 1.20. The van der Waals surface area contributed by atoms with Crippen molar-refractivity contribution in [2.24, 2.45) is 5.73 Å². The SMILES string of the molecule is COc1cc(F)c(NC(=O)[C@H](C)N)cc1OC.Cl. The fraction of sp³-hybridized carbons (Fsp3) is 0.364. The van der Waals surface area contributed by atoms with E-state index in [4.69, 9.17) is 15.2 Å². The van der Waals surface area contributed by atoms with Gasteiger partial charge in [0.05, 0.1) is 25.9 Å². The first kappa shape index (κ1) is 16.5. The molecular formula is C11H16ClFN2O3. The molecule has 5 nitrogen and oxygen atoms in total. The molecule has 1 amide bonds. The lowest BCUT2D eigenvalue weighted by Crippen LogP contribution is -2.32. The Labute approximate surface area is 111 Å². The molecule has 0 aliphatic carbocycles. The minimum atomic E-state index is -0.720. The third-order valence-corrected chi connectivity index (χ3v) is 2.14. The number of carbonyl (C=O) groups excluding carboxylic acids is 1. The molecule has 1 aromatic rings. The Balaban J connectivity index is 0.00000289. The Bertz CT molecular complexity index is 427. The van der Waals surface area contributed by atoms with Gasteiger partial charge in [0.2, 0.25) is 5.91 Å². The maximum absolute atomic E-state index is 13.6. The number of nitrogens with two attached hydrogens (primary N) is 1. The molecule has 0 unspecified atom stereocenters. The van der Waals surface area contributed by atoms with Gasteiger partial charge in [0.1, 0.15) is 0 Å². The van der Waals surface area contributed by atoms with Crippen LogP contribution in [0.3, 0.4) is 0 Å². The van der Waals surface area contributed by atoms with Crippen molar-refractivity contribution >= 4 is 24.0 Å². The van der Waals surface area contributed by atoms with E-state index >= 15 is 0 Å². The fourth-order valence-corrected chi connectivity index (χ4v) is 1.20. The molecule has 0 bridgehead atoms. The van der Waals surface area contributed by atoms with E-state index in [1.807, 2.05) is 0 Å². The van der Waals surface area contributed by atoms with E-state index in [-0.39, 0.29) is 23.8 Å². The van der Waals surface area contributed by atoms with Gasteiger partial charge in [-0.1, -0.05) is 0 Å². The number of anilines is 1. The minimum absolute atomic E-state index is 0. The molecule has 0 heterocycles. The average Bonchev–Trinajstić information content (AvgIpc) is 2.30. The molecule has 1 atom stereocenters. The van der Waals surface area contributed by atoms with E-state index in [1.54, 1.807) is 0 Å². The normalized spacial score (nSPS) is 11.2. The third-order valence-electron chi connectivity index (χ3n) is 2.14. The van der Waals surface area contributed by atoms with Gasteiger partial charge in [-0.3, -0.25) is 4.79 Å². The lowest BCUT2D eigenvalue weighted by Gasteiger charge is -2.12. The van der Waals surface area contributed by atoms with Crippen LogP contribution in [-0.4, -0.2) is 26.2 Å². The van der Waals surface area contributed by atoms with Gasteiger partial charge in [0.25, 0.3) is 0 Å². The highest BCUT2D eigenvalue weighted by Crippen LogP contribution is 2.32. The number of rotatable bonds is 4. The zero-order chi connectivity index (χ0) is 13.0. The highest BCUT2D eigenvalue weighted by molar-refractivity contribution is 5.94. The van der Waals surface area contributed by atoms with Crippen LogP contribution in [0.15, 0.2) is 12.1 Å². The van der Waals surface area contributed by atoms with Crippen LogP contribution in [0, 0.1) is 5.82 Å². The van der Waals surface area contributed by atoms with Gasteiger partial charge in [0, 0.05) is 12.1 Å². The Kier molecular flexibility index (Phi) is 6.43. The molecule has 102 valence electrons. The first-order chi connectivity index (χ1) is 7.99. The maximum Gasteiger partial charge on any atom is 0.241 e. The van der Waals surface area contributed by atoms with Crippen molar-refractivity contribution in [3.63, 3.8) is 0 Å². The molecule has 0 saturated heterocycles. The van der Waals surface area contributed by atoms with Crippen molar-refractivity contribution < 1.29 is 18.7 Å². The van der Waals surface area contributed by atoms with Crippen LogP contribution in [0.25, 0.3) is 0 Å². The van der Waals surface area contributed by atoms with Crippen LogP contribution >= 0.6 is 12.4 Å². The smallest absolute Gasteiger partial charge is 0.241 e. The molecule has 1 rings (SSSR count). The first-order valence-corrected chi connectivity index (χ1v) is 4.97. The van der Waals surface area contributed by atoms with Crippen molar-refractivity contribution in [1.82, 2.24) is 0 Å². The van der Waals surface area contributed by atoms with E-state index < -0.39 is 17.8 Å². The second-order valence-corrected chi connectivity index (χ2v) is 3.46. The third kappa shape index (κ3) is 3.75. The number of hydrogen-bond donors (Lipinski definition) is 2. The van der Waals surface area contributed by atoms with Gasteiger partial charge in [-0.05, 0) is 6.92 Å². The Morgan fingerprint density at radius 1 is 1.33 bits per heavy atom. The van der Waals surface area contributed by atoms with Crippen LogP contribution < -0.4 is 20.5 Å². The number of halogens is 2. The molecule has 0 aliphatic rings. The number of hydrogen-bond acceptors (Lipinski definition) is 4. The second-order valence-electron chi connectivity index (χ2n) is 3.46. The van der Waals surface area contributed by atoms with Crippen LogP contribution in [-0.2, 0) is 4.79 Å². The zero-order valence-corrected chi connectivity index (χ0v) is 11.1. The molecule has 18 heavy (non-hydrogen) atoms. The van der Waals surface area contributed by atoms with Crippen molar-refractivity contribution in [3.05, 3.63) is 17.9 Å². The Morgan fingerprint density at radius 2 is 1.83 bits per heavy atom. The van der Waals surface area contributed by atoms with Crippen molar-refractivity contribution in [2.75, 3.05) is 19.5 Å². The highest BCUT2D eigenvalue weighted by Gasteiger charge is 2.14. The number of nitrogens with one attached hydrogen (secondary N) is 1. The number of carbonyl (C=O) groups is 1. The summed E-state index contributed by atoms with van der Waals surface area (Å²) >= 11 is 0. The van der Waals surface area contributed by atoms with Gasteiger partial charge in [-0.15, -0.1) is 12.4 Å². The predicted molar refractivity (Wildman–Crippen MR) is 69.0 cm³/mol. The molecule has 0 aliphatic heterocycles. The van der Waals surface area contributed by atoms with E-state index in [0.29, 0.717) is 5.75 Å². The summed E-state index contributed by atoms with van der Waals surface area (Å²) in [5.41, 5.74) is 5.37. The van der Waals surface area contributed by atoms with Gasteiger partial charge in [-0.2, -0.15) is 0 Å². The molecule has 1 aromatic carbocycles.